The van der Waals surface area contributed by atoms with Gasteiger partial charge >= 0.3 is 5.97 Å². The van der Waals surface area contributed by atoms with Crippen LogP contribution in [0.2, 0.25) is 0 Å². The zero-order valence-corrected chi connectivity index (χ0v) is 14.7. The summed E-state index contributed by atoms with van der Waals surface area (Å²) in [6.45, 7) is 3.74. The van der Waals surface area contributed by atoms with Crippen LogP contribution in [-0.4, -0.2) is 29.1 Å². The van der Waals surface area contributed by atoms with Gasteiger partial charge < -0.3 is 14.6 Å². The monoisotopic (exact) mass is 346 g/mol. The molecule has 128 valence electrons. The molecule has 0 spiro atoms. The van der Waals surface area contributed by atoms with Gasteiger partial charge in [-0.25, -0.2) is 0 Å². The molecule has 0 amide bonds. The topological polar surface area (TPSA) is 55.8 Å². The number of carboxylic acid groups (broad SMARTS) is 1. The van der Waals surface area contributed by atoms with Gasteiger partial charge in [0.05, 0.1) is 6.10 Å². The quantitative estimate of drug-likeness (QED) is 0.625. The molecule has 1 aliphatic rings. The average molecular weight is 346 g/mol. The number of aliphatic carboxylic acids is 1. The van der Waals surface area contributed by atoms with Crippen LogP contribution in [0.15, 0.2) is 41.1 Å². The highest BCUT2D eigenvalue weighted by Gasteiger charge is 2.39. The van der Waals surface area contributed by atoms with Crippen LogP contribution in [0, 0.1) is 11.8 Å². The summed E-state index contributed by atoms with van der Waals surface area (Å²) in [5.74, 6) is 4.58. The van der Waals surface area contributed by atoms with Gasteiger partial charge in [0.15, 0.2) is 5.79 Å². The summed E-state index contributed by atoms with van der Waals surface area (Å²) in [7, 11) is 0. The Kier molecular flexibility index (Phi) is 6.80. The number of rotatable bonds is 6. The van der Waals surface area contributed by atoms with Gasteiger partial charge in [-0.3, -0.25) is 4.79 Å². The Morgan fingerprint density at radius 1 is 1.42 bits per heavy atom. The van der Waals surface area contributed by atoms with Crippen LogP contribution >= 0.6 is 11.3 Å². The molecule has 0 bridgehead atoms. The minimum atomic E-state index is -0.785. The third kappa shape index (κ3) is 6.32. The molecular weight excluding hydrogens is 324 g/mol. The van der Waals surface area contributed by atoms with Gasteiger partial charge in [-0.2, -0.15) is 11.3 Å². The number of allylic oxidation sites excluding steroid dienone is 3. The van der Waals surface area contributed by atoms with Gasteiger partial charge in [-0.15, -0.1) is 0 Å². The van der Waals surface area contributed by atoms with E-state index >= 15 is 0 Å². The van der Waals surface area contributed by atoms with E-state index in [0.717, 1.165) is 5.56 Å². The van der Waals surface area contributed by atoms with Crippen molar-refractivity contribution in [1.82, 2.24) is 0 Å². The van der Waals surface area contributed by atoms with Crippen LogP contribution in [0.5, 0.6) is 0 Å². The minimum absolute atomic E-state index is 0.124. The van der Waals surface area contributed by atoms with Crippen molar-refractivity contribution in [1.29, 1.82) is 0 Å². The second-order valence-corrected chi connectivity index (χ2v) is 6.73. The maximum Gasteiger partial charge on any atom is 0.303 e. The van der Waals surface area contributed by atoms with E-state index in [2.05, 4.69) is 11.8 Å². The molecule has 0 saturated carbocycles. The lowest BCUT2D eigenvalue weighted by molar-refractivity contribution is -0.143. The molecule has 5 heteroatoms. The number of thiophene rings is 1. The fraction of sp³-hybridized carbons (Fsp3) is 0.421. The number of ether oxygens (including phenoxy) is 2. The molecule has 1 aromatic heterocycles. The summed E-state index contributed by atoms with van der Waals surface area (Å²) in [6, 6.07) is 1.98. The van der Waals surface area contributed by atoms with Gasteiger partial charge in [0, 0.05) is 17.4 Å². The van der Waals surface area contributed by atoms with Crippen LogP contribution in [0.1, 0.15) is 38.7 Å². The summed E-state index contributed by atoms with van der Waals surface area (Å²) in [5.41, 5.74) is 1.02. The Hall–Kier alpha value is -1.87. The first kappa shape index (κ1) is 18.5. The summed E-state index contributed by atoms with van der Waals surface area (Å²) in [6.07, 6.45) is 8.55. The molecule has 2 rings (SSSR count). The van der Waals surface area contributed by atoms with Crippen molar-refractivity contribution in [2.24, 2.45) is 0 Å². The van der Waals surface area contributed by atoms with E-state index < -0.39 is 11.8 Å². The Morgan fingerprint density at radius 2 is 2.25 bits per heavy atom. The van der Waals surface area contributed by atoms with Crippen molar-refractivity contribution in [3.05, 3.63) is 46.7 Å². The molecule has 4 nitrogen and oxygen atoms in total. The third-order valence-corrected chi connectivity index (χ3v) is 4.11. The summed E-state index contributed by atoms with van der Waals surface area (Å²) < 4.78 is 11.7. The van der Waals surface area contributed by atoms with E-state index in [9.17, 15) is 4.79 Å². The molecule has 24 heavy (non-hydrogen) atoms. The number of hydrogen-bond donors (Lipinski definition) is 1. The molecule has 0 radical (unpaired) electrons. The molecule has 1 saturated heterocycles. The second kappa shape index (κ2) is 8.84. The molecular formula is C19H22O4S. The van der Waals surface area contributed by atoms with E-state index in [1.54, 1.807) is 17.4 Å². The van der Waals surface area contributed by atoms with E-state index in [0.29, 0.717) is 12.8 Å². The smallest absolute Gasteiger partial charge is 0.303 e. The molecule has 1 fully saturated rings. The van der Waals surface area contributed by atoms with Crippen molar-refractivity contribution >= 4 is 17.3 Å². The molecule has 1 aliphatic heterocycles. The Morgan fingerprint density at radius 3 is 2.96 bits per heavy atom. The maximum absolute atomic E-state index is 10.6. The minimum Gasteiger partial charge on any atom is -0.481 e. The molecule has 0 unspecified atom stereocenters. The van der Waals surface area contributed by atoms with Crippen molar-refractivity contribution in [3.8, 4) is 11.8 Å². The van der Waals surface area contributed by atoms with Gasteiger partial charge in [-0.05, 0) is 44.2 Å². The predicted octanol–water partition coefficient (Wildman–Crippen LogP) is 3.99. The number of hydrogen-bond acceptors (Lipinski definition) is 4. The Labute approximate surface area is 146 Å². The molecule has 0 aliphatic carbocycles. The van der Waals surface area contributed by atoms with Crippen LogP contribution in [-0.2, 0) is 14.3 Å². The van der Waals surface area contributed by atoms with E-state index in [1.807, 2.05) is 48.9 Å². The van der Waals surface area contributed by atoms with Crippen molar-refractivity contribution in [2.75, 3.05) is 0 Å². The fourth-order valence-electron chi connectivity index (χ4n) is 2.44. The number of carbonyl (C=O) groups is 1. The lowest BCUT2D eigenvalue weighted by atomic mass is 10.1. The zero-order chi connectivity index (χ0) is 17.4. The van der Waals surface area contributed by atoms with E-state index in [1.165, 1.54) is 0 Å². The third-order valence-electron chi connectivity index (χ3n) is 3.43. The fourth-order valence-corrected chi connectivity index (χ4v) is 3.03. The normalized spacial score (nSPS) is 22.8. The SMILES string of the molecule is CC1(C)O[C@@H](CCCC(=O)O)[C@@H](/C=C/C=C/C#Cc2ccsc2)O1. The van der Waals surface area contributed by atoms with Gasteiger partial charge in [0.1, 0.15) is 6.10 Å². The Bertz CT molecular complexity index is 647. The summed E-state index contributed by atoms with van der Waals surface area (Å²) in [5, 5.41) is 12.7. The molecule has 1 aromatic rings. The lowest BCUT2D eigenvalue weighted by Gasteiger charge is -2.16. The van der Waals surface area contributed by atoms with Crippen LogP contribution in [0.4, 0.5) is 0 Å². The number of carboxylic acids is 1. The maximum atomic E-state index is 10.6. The standard InChI is InChI=1S/C19H22O4S/c1-19(2)22-16(17(23-19)10-7-11-18(20)21)9-6-4-3-5-8-15-12-13-24-14-15/h3-4,6,9,12-14,16-17H,7,10-11H2,1-2H3,(H,20,21)/b4-3+,9-6+/t16-,17+/m1/s1. The van der Waals surface area contributed by atoms with Gasteiger partial charge in [-0.1, -0.05) is 30.1 Å². The first-order chi connectivity index (χ1) is 11.5. The lowest BCUT2D eigenvalue weighted by Crippen LogP contribution is -2.21. The average Bonchev–Trinajstić information content (AvgIpc) is 3.10. The van der Waals surface area contributed by atoms with Crippen molar-refractivity contribution in [2.45, 2.75) is 51.1 Å². The second-order valence-electron chi connectivity index (χ2n) is 5.95. The van der Waals surface area contributed by atoms with Gasteiger partial charge in [0.2, 0.25) is 0 Å². The van der Waals surface area contributed by atoms with Crippen LogP contribution in [0.25, 0.3) is 0 Å². The van der Waals surface area contributed by atoms with Gasteiger partial charge in [0.25, 0.3) is 0 Å². The van der Waals surface area contributed by atoms with E-state index in [-0.39, 0.29) is 18.6 Å². The Balaban J connectivity index is 1.86. The zero-order valence-electron chi connectivity index (χ0n) is 13.9. The van der Waals surface area contributed by atoms with E-state index in [4.69, 9.17) is 14.6 Å². The largest absolute Gasteiger partial charge is 0.481 e. The molecule has 0 aromatic carbocycles. The summed E-state index contributed by atoms with van der Waals surface area (Å²) >= 11 is 1.63. The molecule has 2 heterocycles. The first-order valence-electron chi connectivity index (χ1n) is 7.91. The van der Waals surface area contributed by atoms with Crippen LogP contribution < -0.4 is 0 Å². The summed E-state index contributed by atoms with van der Waals surface area (Å²) in [4.78, 5) is 10.6. The molecule has 2 atom stereocenters. The molecule has 1 N–H and O–H groups in total. The highest BCUT2D eigenvalue weighted by atomic mass is 32.1. The van der Waals surface area contributed by atoms with Crippen LogP contribution in [0.3, 0.4) is 0 Å². The highest BCUT2D eigenvalue weighted by molar-refractivity contribution is 7.08. The van der Waals surface area contributed by atoms with Crippen molar-refractivity contribution in [3.63, 3.8) is 0 Å². The highest BCUT2D eigenvalue weighted by Crippen LogP contribution is 2.31. The van der Waals surface area contributed by atoms with Crippen molar-refractivity contribution < 1.29 is 19.4 Å². The predicted molar refractivity (Wildman–Crippen MR) is 94.8 cm³/mol. The first-order valence-corrected chi connectivity index (χ1v) is 8.85.